The number of nitrogens with zero attached hydrogens (tertiary/aromatic N) is 3. The van der Waals surface area contributed by atoms with Gasteiger partial charge in [-0.05, 0) is 49.7 Å². The van der Waals surface area contributed by atoms with Crippen molar-refractivity contribution in [2.45, 2.75) is 43.6 Å². The third-order valence-electron chi connectivity index (χ3n) is 4.42. The van der Waals surface area contributed by atoms with Crippen LogP contribution < -0.4 is 9.47 Å². The zero-order valence-electron chi connectivity index (χ0n) is 16.8. The van der Waals surface area contributed by atoms with Gasteiger partial charge in [0.2, 0.25) is 0 Å². The summed E-state index contributed by atoms with van der Waals surface area (Å²) in [6, 6.07) is 12.6. The second kappa shape index (κ2) is 9.42. The van der Waals surface area contributed by atoms with Gasteiger partial charge in [0.1, 0.15) is 11.5 Å². The number of thioether (sulfide) groups is 1. The molecule has 0 saturated heterocycles. The minimum absolute atomic E-state index is 0.353. The maximum absolute atomic E-state index is 12.9. The summed E-state index contributed by atoms with van der Waals surface area (Å²) >= 11 is 1.34. The molecule has 1 atom stereocenters. The van der Waals surface area contributed by atoms with E-state index < -0.39 is 11.7 Å². The van der Waals surface area contributed by atoms with Crippen molar-refractivity contribution < 1.29 is 22.6 Å². The van der Waals surface area contributed by atoms with Crippen molar-refractivity contribution in [3.8, 4) is 11.5 Å². The molecule has 1 heterocycles. The third kappa shape index (κ3) is 5.27. The zero-order valence-corrected chi connectivity index (χ0v) is 17.6. The number of aromatic nitrogens is 3. The highest BCUT2D eigenvalue weighted by atomic mass is 32.2. The van der Waals surface area contributed by atoms with Crippen LogP contribution in [0.2, 0.25) is 0 Å². The summed E-state index contributed by atoms with van der Waals surface area (Å²) in [7, 11) is 1.60. The normalized spacial score (nSPS) is 12.6. The van der Waals surface area contributed by atoms with E-state index in [2.05, 4.69) is 10.2 Å². The molecule has 5 nitrogen and oxygen atoms in total. The molecule has 0 aliphatic rings. The van der Waals surface area contributed by atoms with Gasteiger partial charge >= 0.3 is 6.18 Å². The lowest BCUT2D eigenvalue weighted by Crippen LogP contribution is -2.12. The molecule has 0 radical (unpaired) electrons. The minimum Gasteiger partial charge on any atom is -0.497 e. The molecule has 0 spiro atoms. The van der Waals surface area contributed by atoms with Crippen molar-refractivity contribution in [2.75, 3.05) is 7.11 Å². The zero-order chi connectivity index (χ0) is 21.7. The molecule has 1 aromatic heterocycles. The van der Waals surface area contributed by atoms with Crippen molar-refractivity contribution >= 4 is 11.8 Å². The summed E-state index contributed by atoms with van der Waals surface area (Å²) < 4.78 is 51.7. The highest BCUT2D eigenvalue weighted by molar-refractivity contribution is 7.98. The van der Waals surface area contributed by atoms with Gasteiger partial charge in [-0.2, -0.15) is 13.2 Å². The van der Waals surface area contributed by atoms with E-state index in [1.807, 2.05) is 42.7 Å². The topological polar surface area (TPSA) is 49.2 Å². The Morgan fingerprint density at radius 3 is 2.40 bits per heavy atom. The molecule has 0 N–H and O–H groups in total. The number of benzene rings is 2. The van der Waals surface area contributed by atoms with Crippen molar-refractivity contribution in [1.29, 1.82) is 0 Å². The summed E-state index contributed by atoms with van der Waals surface area (Å²) in [5, 5.41) is 9.10. The molecule has 30 heavy (non-hydrogen) atoms. The molecule has 0 bridgehead atoms. The number of hydrogen-bond donors (Lipinski definition) is 0. The van der Waals surface area contributed by atoms with Gasteiger partial charge in [-0.3, -0.25) is 0 Å². The first-order chi connectivity index (χ1) is 14.3. The SMILES string of the molecule is CCn1c(SCc2cccc(C(F)(F)F)c2)nnc1C(C)Oc1ccc(OC)cc1. The quantitative estimate of drug-likeness (QED) is 0.420. The van der Waals surface area contributed by atoms with Gasteiger partial charge < -0.3 is 14.0 Å². The Morgan fingerprint density at radius 1 is 1.07 bits per heavy atom. The number of methoxy groups -OCH3 is 1. The standard InChI is InChI=1S/C21H22F3N3O2S/c1-4-27-19(14(2)29-18-10-8-17(28-3)9-11-18)25-26-20(27)30-13-15-6-5-7-16(12-15)21(22,23)24/h5-12,14H,4,13H2,1-3H3. The van der Waals surface area contributed by atoms with E-state index in [1.165, 1.54) is 17.8 Å². The summed E-state index contributed by atoms with van der Waals surface area (Å²) in [6.07, 6.45) is -4.71. The van der Waals surface area contributed by atoms with Crippen LogP contribution in [0, 0.1) is 0 Å². The molecule has 1 unspecified atom stereocenters. The Hall–Kier alpha value is -2.68. The summed E-state index contributed by atoms with van der Waals surface area (Å²) in [6.45, 7) is 4.45. The van der Waals surface area contributed by atoms with E-state index in [1.54, 1.807) is 13.2 Å². The first-order valence-corrected chi connectivity index (χ1v) is 10.3. The second-order valence-corrected chi connectivity index (χ2v) is 7.45. The monoisotopic (exact) mass is 437 g/mol. The number of alkyl halides is 3. The predicted molar refractivity (Wildman–Crippen MR) is 109 cm³/mol. The van der Waals surface area contributed by atoms with Crippen LogP contribution in [0.1, 0.15) is 36.9 Å². The molecule has 2 aromatic carbocycles. The fourth-order valence-corrected chi connectivity index (χ4v) is 3.85. The molecule has 0 amide bonds. The van der Waals surface area contributed by atoms with Gasteiger partial charge in [-0.1, -0.05) is 30.0 Å². The molecule has 0 aliphatic carbocycles. The first kappa shape index (κ1) is 22.0. The number of hydrogen-bond acceptors (Lipinski definition) is 5. The van der Waals surface area contributed by atoms with Crippen molar-refractivity contribution in [2.24, 2.45) is 0 Å². The van der Waals surface area contributed by atoms with Crippen molar-refractivity contribution in [3.63, 3.8) is 0 Å². The van der Waals surface area contributed by atoms with Crippen molar-refractivity contribution in [1.82, 2.24) is 14.8 Å². The average molecular weight is 437 g/mol. The number of ether oxygens (including phenoxy) is 2. The highest BCUT2D eigenvalue weighted by Crippen LogP contribution is 2.32. The molecule has 3 aromatic rings. The Kier molecular flexibility index (Phi) is 6.91. The fraction of sp³-hybridized carbons (Fsp3) is 0.333. The number of halogens is 3. The predicted octanol–water partition coefficient (Wildman–Crippen LogP) is 5.76. The molecular weight excluding hydrogens is 415 g/mol. The number of rotatable bonds is 8. The average Bonchev–Trinajstić information content (AvgIpc) is 3.15. The largest absolute Gasteiger partial charge is 0.497 e. The van der Waals surface area contributed by atoms with Gasteiger partial charge in [-0.15, -0.1) is 10.2 Å². The van der Waals surface area contributed by atoms with Crippen LogP contribution in [-0.2, 0) is 18.5 Å². The van der Waals surface area contributed by atoms with Crippen LogP contribution in [-0.4, -0.2) is 21.9 Å². The van der Waals surface area contributed by atoms with Crippen LogP contribution in [0.15, 0.2) is 53.7 Å². The van der Waals surface area contributed by atoms with Gasteiger partial charge in [-0.25, -0.2) is 0 Å². The maximum Gasteiger partial charge on any atom is 0.416 e. The van der Waals surface area contributed by atoms with Gasteiger partial charge in [0.05, 0.1) is 12.7 Å². The van der Waals surface area contributed by atoms with Crippen LogP contribution in [0.25, 0.3) is 0 Å². The van der Waals surface area contributed by atoms with Crippen LogP contribution >= 0.6 is 11.8 Å². The second-order valence-electron chi connectivity index (χ2n) is 6.51. The van der Waals surface area contributed by atoms with E-state index in [9.17, 15) is 13.2 Å². The Balaban J connectivity index is 1.70. The lowest BCUT2D eigenvalue weighted by molar-refractivity contribution is -0.137. The Morgan fingerprint density at radius 2 is 1.77 bits per heavy atom. The maximum atomic E-state index is 12.9. The van der Waals surface area contributed by atoms with Crippen LogP contribution in [0.5, 0.6) is 11.5 Å². The molecular formula is C21H22F3N3O2S. The van der Waals surface area contributed by atoms with Crippen LogP contribution in [0.4, 0.5) is 13.2 Å². The molecule has 0 fully saturated rings. The summed E-state index contributed by atoms with van der Waals surface area (Å²) in [5.41, 5.74) is -0.0793. The molecule has 9 heteroatoms. The van der Waals surface area contributed by atoms with Gasteiger partial charge in [0.25, 0.3) is 0 Å². The molecule has 0 saturated carbocycles. The fourth-order valence-electron chi connectivity index (χ4n) is 2.90. The summed E-state index contributed by atoms with van der Waals surface area (Å²) in [4.78, 5) is 0. The van der Waals surface area contributed by atoms with E-state index in [0.29, 0.717) is 34.6 Å². The van der Waals surface area contributed by atoms with E-state index >= 15 is 0 Å². The molecule has 3 rings (SSSR count). The van der Waals surface area contributed by atoms with Gasteiger partial charge in [0, 0.05) is 12.3 Å². The van der Waals surface area contributed by atoms with E-state index in [4.69, 9.17) is 9.47 Å². The highest BCUT2D eigenvalue weighted by Gasteiger charge is 2.30. The molecule has 0 aliphatic heterocycles. The summed E-state index contributed by atoms with van der Waals surface area (Å²) in [5.74, 6) is 2.42. The lowest BCUT2D eigenvalue weighted by Gasteiger charge is -2.16. The van der Waals surface area contributed by atoms with Gasteiger partial charge in [0.15, 0.2) is 17.1 Å². The lowest BCUT2D eigenvalue weighted by atomic mass is 10.1. The Bertz CT molecular complexity index is 974. The third-order valence-corrected chi connectivity index (χ3v) is 5.46. The van der Waals surface area contributed by atoms with E-state index in [0.717, 1.165) is 17.9 Å². The van der Waals surface area contributed by atoms with E-state index in [-0.39, 0.29) is 6.10 Å². The first-order valence-electron chi connectivity index (χ1n) is 9.34. The van der Waals surface area contributed by atoms with Crippen molar-refractivity contribution in [3.05, 3.63) is 65.5 Å². The smallest absolute Gasteiger partial charge is 0.416 e. The Labute approximate surface area is 177 Å². The molecule has 160 valence electrons. The minimum atomic E-state index is -4.36. The van der Waals surface area contributed by atoms with Crippen LogP contribution in [0.3, 0.4) is 0 Å².